The fourth-order valence-corrected chi connectivity index (χ4v) is 0.575. The molecule has 0 aromatic carbocycles. The third-order valence-corrected chi connectivity index (χ3v) is 1.03. The predicted molar refractivity (Wildman–Crippen MR) is 39.7 cm³/mol. The molecule has 0 radical (unpaired) electrons. The van der Waals surface area contributed by atoms with E-state index in [2.05, 4.69) is 15.2 Å². The van der Waals surface area contributed by atoms with E-state index in [4.69, 9.17) is 11.6 Å². The average Bonchev–Trinajstić information content (AvgIpc) is 1.85. The molecule has 5 N–H and O–H groups in total. The summed E-state index contributed by atoms with van der Waals surface area (Å²) in [6.45, 7) is 0. The van der Waals surface area contributed by atoms with Crippen molar-refractivity contribution in [2.24, 2.45) is 5.84 Å². The van der Waals surface area contributed by atoms with E-state index in [0.717, 1.165) is 5.01 Å². The van der Waals surface area contributed by atoms with Crippen LogP contribution in [0.25, 0.3) is 0 Å². The van der Waals surface area contributed by atoms with Crippen molar-refractivity contribution in [2.45, 2.75) is 0 Å². The highest BCUT2D eigenvalue weighted by Gasteiger charge is 2.03. The Morgan fingerprint density at radius 1 is 1.55 bits per heavy atom. The van der Waals surface area contributed by atoms with E-state index in [1.54, 1.807) is 0 Å². The first-order valence-electron chi connectivity index (χ1n) is 2.82. The summed E-state index contributed by atoms with van der Waals surface area (Å²) in [6.07, 6.45) is 0. The maximum Gasteiger partial charge on any atom is 0.296 e. The lowest BCUT2D eigenvalue weighted by molar-refractivity contribution is 0.878. The molecule has 60 valence electrons. The average molecular weight is 156 g/mol. The van der Waals surface area contributed by atoms with Gasteiger partial charge in [-0.25, -0.2) is 5.84 Å². The molecule has 1 rings (SSSR count). The first kappa shape index (κ1) is 7.48. The Bertz CT molecular complexity index is 304. The zero-order valence-corrected chi connectivity index (χ0v) is 5.90. The second-order valence-corrected chi connectivity index (χ2v) is 1.97. The van der Waals surface area contributed by atoms with Crippen molar-refractivity contribution in [3.8, 4) is 0 Å². The van der Waals surface area contributed by atoms with E-state index in [1.165, 1.54) is 7.05 Å². The summed E-state index contributed by atoms with van der Waals surface area (Å²) in [5, 5.41) is 7.93. The highest BCUT2D eigenvalue weighted by Crippen LogP contribution is 1.91. The fraction of sp³-hybridized carbons (Fsp3) is 0.250. The standard InChI is InChI=1S/C4H8N6O/c1-10(6)2-3(11)7-4(5)9-8-2/h6H2,1H3,(H3,5,7,9,11). The predicted octanol–water partition coefficient (Wildman–Crippen LogP) is -1.94. The summed E-state index contributed by atoms with van der Waals surface area (Å²) < 4.78 is 0. The molecule has 7 nitrogen and oxygen atoms in total. The minimum absolute atomic E-state index is 0.0270. The number of nitrogens with one attached hydrogen (secondary N) is 1. The minimum Gasteiger partial charge on any atom is -0.368 e. The second-order valence-electron chi connectivity index (χ2n) is 1.97. The van der Waals surface area contributed by atoms with Crippen molar-refractivity contribution < 1.29 is 0 Å². The quantitative estimate of drug-likeness (QED) is 0.322. The van der Waals surface area contributed by atoms with Gasteiger partial charge in [-0.3, -0.25) is 14.8 Å². The molecular weight excluding hydrogens is 148 g/mol. The Morgan fingerprint density at radius 2 is 2.18 bits per heavy atom. The number of aromatic amines is 1. The van der Waals surface area contributed by atoms with E-state index in [-0.39, 0.29) is 11.8 Å². The molecule has 0 fully saturated rings. The molecule has 0 saturated carbocycles. The molecule has 0 unspecified atom stereocenters. The number of anilines is 2. The zero-order chi connectivity index (χ0) is 8.43. The maximum atomic E-state index is 10.9. The van der Waals surface area contributed by atoms with Gasteiger partial charge in [0.05, 0.1) is 0 Å². The molecule has 0 aliphatic heterocycles. The molecule has 0 aliphatic rings. The van der Waals surface area contributed by atoms with Crippen LogP contribution in [0, 0.1) is 0 Å². The highest BCUT2D eigenvalue weighted by molar-refractivity contribution is 5.32. The van der Waals surface area contributed by atoms with Gasteiger partial charge >= 0.3 is 0 Å². The molecule has 7 heteroatoms. The summed E-state index contributed by atoms with van der Waals surface area (Å²) >= 11 is 0. The smallest absolute Gasteiger partial charge is 0.296 e. The van der Waals surface area contributed by atoms with E-state index in [1.807, 2.05) is 0 Å². The monoisotopic (exact) mass is 156 g/mol. The van der Waals surface area contributed by atoms with Gasteiger partial charge in [-0.2, -0.15) is 0 Å². The number of rotatable bonds is 1. The van der Waals surface area contributed by atoms with Gasteiger partial charge in [0.1, 0.15) is 0 Å². The number of hydrazine groups is 1. The van der Waals surface area contributed by atoms with Crippen LogP contribution in [0.3, 0.4) is 0 Å². The number of hydrogen-bond donors (Lipinski definition) is 3. The van der Waals surface area contributed by atoms with E-state index in [9.17, 15) is 4.79 Å². The normalized spacial score (nSPS) is 9.64. The van der Waals surface area contributed by atoms with Crippen LogP contribution in [-0.2, 0) is 0 Å². The van der Waals surface area contributed by atoms with Gasteiger partial charge in [0.2, 0.25) is 11.8 Å². The molecule has 0 aliphatic carbocycles. The summed E-state index contributed by atoms with van der Waals surface area (Å²) in [4.78, 5) is 13.2. The summed E-state index contributed by atoms with van der Waals surface area (Å²) in [5.74, 6) is 5.23. The summed E-state index contributed by atoms with van der Waals surface area (Å²) in [6, 6.07) is 0. The van der Waals surface area contributed by atoms with Gasteiger partial charge in [-0.15, -0.1) is 10.2 Å². The largest absolute Gasteiger partial charge is 0.368 e. The van der Waals surface area contributed by atoms with Crippen molar-refractivity contribution in [3.05, 3.63) is 10.4 Å². The van der Waals surface area contributed by atoms with Crippen molar-refractivity contribution in [3.63, 3.8) is 0 Å². The lowest BCUT2D eigenvalue weighted by Gasteiger charge is -2.06. The first-order valence-corrected chi connectivity index (χ1v) is 2.82. The fourth-order valence-electron chi connectivity index (χ4n) is 0.575. The molecule has 0 amide bonds. The Kier molecular flexibility index (Phi) is 1.73. The summed E-state index contributed by atoms with van der Waals surface area (Å²) in [7, 11) is 1.48. The highest BCUT2D eigenvalue weighted by atomic mass is 16.1. The van der Waals surface area contributed by atoms with Crippen LogP contribution in [0.4, 0.5) is 11.8 Å². The number of hydrogen-bond acceptors (Lipinski definition) is 6. The van der Waals surface area contributed by atoms with Crippen molar-refractivity contribution in [1.82, 2.24) is 15.2 Å². The third-order valence-electron chi connectivity index (χ3n) is 1.03. The van der Waals surface area contributed by atoms with Gasteiger partial charge in [0.15, 0.2) is 0 Å². The van der Waals surface area contributed by atoms with Crippen LogP contribution < -0.4 is 22.1 Å². The second kappa shape index (κ2) is 2.54. The molecule has 0 spiro atoms. The van der Waals surface area contributed by atoms with Gasteiger partial charge < -0.3 is 5.73 Å². The molecule has 1 heterocycles. The topological polar surface area (TPSA) is 114 Å². The van der Waals surface area contributed by atoms with Gasteiger partial charge in [-0.1, -0.05) is 0 Å². The van der Waals surface area contributed by atoms with Gasteiger partial charge in [-0.05, 0) is 0 Å². The molecular formula is C4H8N6O. The van der Waals surface area contributed by atoms with E-state index in [0.29, 0.717) is 0 Å². The lowest BCUT2D eigenvalue weighted by atomic mass is 10.7. The van der Waals surface area contributed by atoms with Gasteiger partial charge in [0.25, 0.3) is 5.56 Å². The Balaban J connectivity index is 3.21. The van der Waals surface area contributed by atoms with Crippen LogP contribution in [0.15, 0.2) is 4.79 Å². The van der Waals surface area contributed by atoms with Crippen LogP contribution in [0.1, 0.15) is 0 Å². The molecule has 1 aromatic heterocycles. The molecule has 0 bridgehead atoms. The number of nitrogens with zero attached hydrogens (tertiary/aromatic N) is 3. The van der Waals surface area contributed by atoms with Crippen molar-refractivity contribution >= 4 is 11.8 Å². The number of nitrogens with two attached hydrogens (primary N) is 2. The zero-order valence-electron chi connectivity index (χ0n) is 5.90. The number of aromatic nitrogens is 3. The van der Waals surface area contributed by atoms with E-state index < -0.39 is 5.56 Å². The van der Waals surface area contributed by atoms with Crippen LogP contribution in [-0.4, -0.2) is 22.2 Å². The van der Waals surface area contributed by atoms with Crippen LogP contribution in [0.2, 0.25) is 0 Å². The molecule has 0 atom stereocenters. The van der Waals surface area contributed by atoms with Crippen molar-refractivity contribution in [1.29, 1.82) is 0 Å². The lowest BCUT2D eigenvalue weighted by Crippen LogP contribution is -2.33. The van der Waals surface area contributed by atoms with E-state index >= 15 is 0 Å². The Hall–Kier alpha value is -1.63. The van der Waals surface area contributed by atoms with Gasteiger partial charge in [0, 0.05) is 7.05 Å². The van der Waals surface area contributed by atoms with Crippen LogP contribution in [0.5, 0.6) is 0 Å². The Labute approximate surface area is 62.0 Å². The molecule has 0 saturated heterocycles. The molecule has 1 aromatic rings. The van der Waals surface area contributed by atoms with Crippen LogP contribution >= 0.6 is 0 Å². The molecule has 11 heavy (non-hydrogen) atoms. The first-order chi connectivity index (χ1) is 5.11. The number of H-pyrrole nitrogens is 1. The summed E-state index contributed by atoms with van der Waals surface area (Å²) in [5.41, 5.74) is 4.68. The Morgan fingerprint density at radius 3 is 2.64 bits per heavy atom. The SMILES string of the molecule is CN(N)c1nnc(N)[nH]c1=O. The maximum absolute atomic E-state index is 10.9. The van der Waals surface area contributed by atoms with Crippen molar-refractivity contribution in [2.75, 3.05) is 17.8 Å². The number of nitrogen functional groups attached to an aromatic ring is 1. The third kappa shape index (κ3) is 1.44. The minimum atomic E-state index is -0.456.